The lowest BCUT2D eigenvalue weighted by molar-refractivity contribution is 0.0760. The zero-order valence-electron chi connectivity index (χ0n) is 79.5. The SMILES string of the molecule is CC1C2=C(CC=C2)C1C.CC1C2=C(OCO2)C1C.CC1c2cc[nH]c2C1C.CC1c2ccoc2C1C.CC1c2ccoc2C1C.CC1c2ccsc2C1C.CC1c2n[nH]nc2C1C.CC1c2n[nH]nc2C1C.CC1c2nc[nH]c2C1C.CC1c2nc[nH]c2C1C.CC1c2ncoc2C1C.CC1c2ncoc2C1C.CC1c2ncsc2C1C.CC1c2ncsc2C1C. The molecule has 28 rings (SSSR count). The number of thiazole rings is 2. The minimum Gasteiger partial charge on any atom is -0.469 e. The summed E-state index contributed by atoms with van der Waals surface area (Å²) in [4.78, 5) is 39.1. The van der Waals surface area contributed by atoms with Crippen LogP contribution in [0.4, 0.5) is 0 Å². The Morgan fingerprint density at radius 3 is 1.08 bits per heavy atom. The molecule has 15 aliphatic carbocycles. The van der Waals surface area contributed by atoms with Crippen LogP contribution in [0.15, 0.2) is 137 Å². The van der Waals surface area contributed by atoms with E-state index in [0.717, 1.165) is 116 Å². The molecule has 0 saturated heterocycles. The Labute approximate surface area is 758 Å². The molecule has 5 N–H and O–H groups in total. The third-order valence-corrected chi connectivity index (χ3v) is 35.9. The summed E-state index contributed by atoms with van der Waals surface area (Å²) in [5, 5.41) is 23.4. The van der Waals surface area contributed by atoms with Gasteiger partial charge in [-0.1, -0.05) is 212 Å². The van der Waals surface area contributed by atoms with Crippen LogP contribution < -0.4 is 0 Å². The molecule has 0 saturated carbocycles. The van der Waals surface area contributed by atoms with Gasteiger partial charge in [-0.05, 0) is 105 Å². The number of nitrogens with zero attached hydrogens (tertiary/aromatic N) is 10. The van der Waals surface area contributed by atoms with Gasteiger partial charge in [-0.3, -0.25) is 0 Å². The number of oxazole rings is 2. The van der Waals surface area contributed by atoms with E-state index >= 15 is 0 Å². The van der Waals surface area contributed by atoms with Crippen molar-refractivity contribution in [2.45, 2.75) is 342 Å². The third kappa shape index (κ3) is 16.6. The number of aromatic nitrogens is 15. The molecular weight excluding hydrogens is 1630 g/mol. The Balaban J connectivity index is 0.000000105. The molecule has 0 spiro atoms. The number of ether oxygens (including phenoxy) is 2. The number of thiophene rings is 1. The van der Waals surface area contributed by atoms with Crippen molar-refractivity contribution in [1.29, 1.82) is 0 Å². The summed E-state index contributed by atoms with van der Waals surface area (Å²) in [7, 11) is 0. The standard InChI is InChI=1S/C9H12.C8H11N.2C8H10O.C8H10S.2C7H10N2.2C7H9NO.2C7H9NS.C7H10O2.2C6H9N3/c1-6-7(2)9-5-3-4-8(6)9;4*1-5-6(2)8-7(5)3-4-9-8;7*1-4-5(2)7-6(4)8-3-9-7;2*1-3-4(2)6-5(3)7-9-8-6/h3-4,6-7H,5H2,1-2H3;3-6,9H,1-2H3;3*3-6H,1-2H3;2*3-5H,1-2H3,(H,8,9);4*3-5H,1-2H3;4-5H,3H2,1-2H3;2*3-4H,1-2H3,(H,7,8,9). The molecule has 126 heavy (non-hydrogen) atoms. The highest BCUT2D eigenvalue weighted by Crippen LogP contribution is 2.55. The average Bonchev–Trinajstić information content (AvgIpc) is 1.54. The lowest BCUT2D eigenvalue weighted by Gasteiger charge is -2.33. The van der Waals surface area contributed by atoms with Gasteiger partial charge in [0.25, 0.3) is 0 Å². The lowest BCUT2D eigenvalue weighted by atomic mass is 9.71. The molecule has 0 bridgehead atoms. The number of rotatable bonds is 0. The van der Waals surface area contributed by atoms with Crippen molar-refractivity contribution in [3.8, 4) is 0 Å². The van der Waals surface area contributed by atoms with Gasteiger partial charge in [-0.2, -0.15) is 30.8 Å². The van der Waals surface area contributed by atoms with Crippen molar-refractivity contribution in [2.24, 2.45) is 23.7 Å². The van der Waals surface area contributed by atoms with E-state index < -0.39 is 0 Å². The van der Waals surface area contributed by atoms with Crippen LogP contribution >= 0.6 is 34.0 Å². The monoisotopic (exact) mass is 1760 g/mol. The van der Waals surface area contributed by atoms with E-state index in [0.29, 0.717) is 113 Å². The van der Waals surface area contributed by atoms with E-state index in [4.69, 9.17) is 27.1 Å². The maximum absolute atomic E-state index is 5.23. The van der Waals surface area contributed by atoms with Crippen molar-refractivity contribution in [1.82, 2.24) is 75.7 Å². The van der Waals surface area contributed by atoms with Crippen molar-refractivity contribution in [3.05, 3.63) is 254 Å². The van der Waals surface area contributed by atoms with Gasteiger partial charge >= 0.3 is 0 Å². The second-order valence-corrected chi connectivity index (χ2v) is 41.6. The van der Waals surface area contributed by atoms with Gasteiger partial charge < -0.3 is 42.1 Å². The molecule has 1 aliphatic heterocycles. The normalized spacial score (nSPS) is 32.4. The van der Waals surface area contributed by atoms with Crippen LogP contribution in [0.3, 0.4) is 0 Å². The van der Waals surface area contributed by atoms with E-state index in [-0.39, 0.29) is 0 Å². The molecule has 28 unspecified atom stereocenters. The summed E-state index contributed by atoms with van der Waals surface area (Å²) < 4.78 is 31.1. The van der Waals surface area contributed by atoms with Crippen molar-refractivity contribution in [3.63, 3.8) is 0 Å². The number of hydrogen-bond acceptors (Lipinski definition) is 19. The van der Waals surface area contributed by atoms with Crippen LogP contribution in [0.25, 0.3) is 0 Å². The van der Waals surface area contributed by atoms with Gasteiger partial charge in [-0.15, -0.1) is 34.0 Å². The molecular formula is C102H137N15O6S3. The zero-order chi connectivity index (χ0) is 90.0. The number of H-pyrrole nitrogens is 5. The quantitative estimate of drug-likeness (QED) is 0.0943. The maximum atomic E-state index is 5.23. The summed E-state index contributed by atoms with van der Waals surface area (Å²) in [5.41, 5.74) is 29.4. The molecule has 24 heteroatoms. The second-order valence-electron chi connectivity index (χ2n) is 38.9. The highest BCUT2D eigenvalue weighted by molar-refractivity contribution is 7.10. The number of furan rings is 2. The van der Waals surface area contributed by atoms with Crippen LogP contribution in [0.1, 0.15) is 476 Å². The summed E-state index contributed by atoms with van der Waals surface area (Å²) in [5.74, 6) is 26.1. The van der Waals surface area contributed by atoms with E-state index in [1.165, 1.54) is 97.0 Å². The average molecular weight is 1770 g/mol. The minimum absolute atomic E-state index is 0.444. The van der Waals surface area contributed by atoms with Crippen molar-refractivity contribution in [2.75, 3.05) is 6.79 Å². The van der Waals surface area contributed by atoms with Crippen LogP contribution in [0, 0.1) is 23.7 Å². The first-order valence-electron chi connectivity index (χ1n) is 46.6. The second kappa shape index (κ2) is 37.8. The fourth-order valence-electron chi connectivity index (χ4n) is 20.0. The van der Waals surface area contributed by atoms with Crippen LogP contribution in [-0.2, 0) is 9.47 Å². The van der Waals surface area contributed by atoms with Crippen molar-refractivity contribution >= 4 is 34.0 Å². The van der Waals surface area contributed by atoms with Crippen LogP contribution in [-0.4, -0.2) is 82.5 Å². The molecule has 0 fully saturated rings. The van der Waals surface area contributed by atoms with E-state index in [1.807, 2.05) is 28.6 Å². The van der Waals surface area contributed by atoms with Gasteiger partial charge in [-0.25, -0.2) is 29.9 Å². The molecule has 0 radical (unpaired) electrons. The van der Waals surface area contributed by atoms with Crippen molar-refractivity contribution < 1.29 is 27.1 Å². The summed E-state index contributed by atoms with van der Waals surface area (Å²) in [6.07, 6.45) is 18.0. The van der Waals surface area contributed by atoms with Gasteiger partial charge in [0.2, 0.25) is 6.79 Å². The molecule has 16 aliphatic rings. The zero-order valence-corrected chi connectivity index (χ0v) is 81.9. The summed E-state index contributed by atoms with van der Waals surface area (Å²) in [6, 6.07) is 8.57. The number of allylic oxidation sites excluding steroid dienone is 6. The molecule has 21 nitrogen and oxygen atoms in total. The summed E-state index contributed by atoms with van der Waals surface area (Å²) >= 11 is 5.49. The maximum Gasteiger partial charge on any atom is 0.230 e. The molecule has 13 heterocycles. The first kappa shape index (κ1) is 91.5. The smallest absolute Gasteiger partial charge is 0.230 e. The molecule has 0 aromatic carbocycles. The predicted molar refractivity (Wildman–Crippen MR) is 503 cm³/mol. The molecule has 674 valence electrons. The molecule has 0 amide bonds. The van der Waals surface area contributed by atoms with Crippen LogP contribution in [0.2, 0.25) is 0 Å². The van der Waals surface area contributed by atoms with E-state index in [9.17, 15) is 0 Å². The molecule has 28 atom stereocenters. The van der Waals surface area contributed by atoms with Gasteiger partial charge in [0.15, 0.2) is 12.8 Å². The Morgan fingerprint density at radius 1 is 0.294 bits per heavy atom. The molecule has 12 aromatic rings. The van der Waals surface area contributed by atoms with E-state index in [2.05, 4.69) is 311 Å². The highest BCUT2D eigenvalue weighted by Gasteiger charge is 2.44. The molecule has 12 aromatic heterocycles. The topological polar surface area (TPSA) is 279 Å². The van der Waals surface area contributed by atoms with Gasteiger partial charge in [0.05, 0.1) is 93.1 Å². The highest BCUT2D eigenvalue weighted by atomic mass is 32.1. The van der Waals surface area contributed by atoms with Gasteiger partial charge in [0.1, 0.15) is 34.6 Å². The number of fused-ring (bicyclic) bond motifs is 12. The van der Waals surface area contributed by atoms with E-state index in [1.54, 1.807) is 69.4 Å². The Morgan fingerprint density at radius 2 is 0.683 bits per heavy atom. The number of nitrogens with one attached hydrogen (secondary N) is 5. The Hall–Kier alpha value is -9.26. The first-order valence-corrected chi connectivity index (χ1v) is 49.3. The number of hydrogen-bond donors (Lipinski definition) is 5. The summed E-state index contributed by atoms with van der Waals surface area (Å²) in [6.45, 7) is 62.8. The third-order valence-electron chi connectivity index (χ3n) is 32.7. The van der Waals surface area contributed by atoms with Gasteiger partial charge in [0, 0.05) is 162 Å². The Kier molecular flexibility index (Phi) is 27.5. The predicted octanol–water partition coefficient (Wildman–Crippen LogP) is 28.1. The Bertz CT molecular complexity index is 4370. The number of imidazole rings is 2. The lowest BCUT2D eigenvalue weighted by Crippen LogP contribution is -2.24. The fraction of sp³-hybridized carbons (Fsp3) is 0.569. The number of aromatic amines is 5. The first-order chi connectivity index (χ1) is 60.3. The largest absolute Gasteiger partial charge is 0.469 e. The minimum atomic E-state index is 0.444. The fourth-order valence-corrected chi connectivity index (χ4v) is 23.3. The van der Waals surface area contributed by atoms with Crippen LogP contribution in [0.5, 0.6) is 0 Å².